The Balaban J connectivity index is 2.43. The normalized spacial score (nSPS) is 11.6. The molecule has 0 amide bonds. The van der Waals surface area contributed by atoms with Gasteiger partial charge in [-0.15, -0.1) is 13.2 Å². The Kier molecular flexibility index (Phi) is 4.47. The second-order valence-corrected chi connectivity index (χ2v) is 5.91. The second kappa shape index (κ2) is 6.18. The quantitative estimate of drug-likeness (QED) is 0.925. The van der Waals surface area contributed by atoms with E-state index >= 15 is 0 Å². The first-order valence-corrected chi connectivity index (χ1v) is 7.58. The summed E-state index contributed by atoms with van der Waals surface area (Å²) < 4.78 is 67.6. The summed E-state index contributed by atoms with van der Waals surface area (Å²) in [4.78, 5) is -0.690. The lowest BCUT2D eigenvalue weighted by atomic mass is 10.2. The highest BCUT2D eigenvalue weighted by Gasteiger charge is 2.34. The van der Waals surface area contributed by atoms with Crippen LogP contribution in [-0.4, -0.2) is 14.8 Å². The summed E-state index contributed by atoms with van der Waals surface area (Å²) in [6.07, 6.45) is -5.03. The molecule has 0 aliphatic carbocycles. The predicted octanol–water partition coefficient (Wildman–Crippen LogP) is 3.26. The van der Waals surface area contributed by atoms with Crippen LogP contribution in [0.3, 0.4) is 0 Å². The van der Waals surface area contributed by atoms with Gasteiger partial charge in [0.1, 0.15) is 16.7 Å². The van der Waals surface area contributed by atoms with Crippen molar-refractivity contribution in [2.75, 3.05) is 4.72 Å². The summed E-state index contributed by atoms with van der Waals surface area (Å²) in [5.74, 6) is -0.859. The van der Waals surface area contributed by atoms with Gasteiger partial charge >= 0.3 is 6.36 Å². The van der Waals surface area contributed by atoms with Crippen molar-refractivity contribution < 1.29 is 26.3 Å². The number of para-hydroxylation sites is 2. The van der Waals surface area contributed by atoms with Crippen molar-refractivity contribution in [3.05, 3.63) is 54.1 Å². The van der Waals surface area contributed by atoms with E-state index in [1.807, 2.05) is 0 Å². The Morgan fingerprint density at radius 1 is 1.04 bits per heavy atom. The molecule has 0 bridgehead atoms. The van der Waals surface area contributed by atoms with Crippen LogP contribution >= 0.6 is 0 Å². The van der Waals surface area contributed by atoms with Gasteiger partial charge in [-0.05, 0) is 24.3 Å². The number of anilines is 1. The van der Waals surface area contributed by atoms with Crippen molar-refractivity contribution in [1.29, 1.82) is 5.26 Å². The van der Waals surface area contributed by atoms with Crippen LogP contribution in [0.25, 0.3) is 0 Å². The van der Waals surface area contributed by atoms with Gasteiger partial charge in [0.15, 0.2) is 0 Å². The maximum atomic E-state index is 12.4. The SMILES string of the molecule is N#Cc1ccccc1NS(=O)(=O)c1ccccc1OC(F)(F)F. The zero-order valence-corrected chi connectivity index (χ0v) is 12.1. The number of halogens is 3. The third-order valence-corrected chi connectivity index (χ3v) is 4.06. The van der Waals surface area contributed by atoms with Crippen molar-refractivity contribution in [2.45, 2.75) is 11.3 Å². The molecule has 0 aliphatic heterocycles. The third kappa shape index (κ3) is 4.14. The number of rotatable bonds is 4. The van der Waals surface area contributed by atoms with E-state index in [1.54, 1.807) is 6.07 Å². The summed E-state index contributed by atoms with van der Waals surface area (Å²) >= 11 is 0. The Labute approximate surface area is 130 Å². The van der Waals surface area contributed by atoms with Gasteiger partial charge in [0.2, 0.25) is 0 Å². The highest BCUT2D eigenvalue weighted by Crippen LogP contribution is 2.30. The Hall–Kier alpha value is -2.73. The zero-order chi connectivity index (χ0) is 17.1. The molecule has 120 valence electrons. The molecule has 0 saturated carbocycles. The maximum Gasteiger partial charge on any atom is 0.573 e. The van der Waals surface area contributed by atoms with E-state index in [0.29, 0.717) is 0 Å². The van der Waals surface area contributed by atoms with Crippen LogP contribution in [0.1, 0.15) is 5.56 Å². The molecule has 0 aromatic heterocycles. The molecular formula is C14H9F3N2O3S. The topological polar surface area (TPSA) is 79.2 Å². The van der Waals surface area contributed by atoms with Crippen molar-refractivity contribution in [1.82, 2.24) is 0 Å². The fraction of sp³-hybridized carbons (Fsp3) is 0.0714. The van der Waals surface area contributed by atoms with Crippen LogP contribution in [0.2, 0.25) is 0 Å². The van der Waals surface area contributed by atoms with Gasteiger partial charge in [-0.1, -0.05) is 24.3 Å². The molecule has 0 saturated heterocycles. The molecule has 9 heteroatoms. The fourth-order valence-electron chi connectivity index (χ4n) is 1.75. The highest BCUT2D eigenvalue weighted by molar-refractivity contribution is 7.92. The van der Waals surface area contributed by atoms with Gasteiger partial charge in [-0.3, -0.25) is 4.72 Å². The van der Waals surface area contributed by atoms with Crippen molar-refractivity contribution >= 4 is 15.7 Å². The van der Waals surface area contributed by atoms with Crippen molar-refractivity contribution in [2.24, 2.45) is 0 Å². The monoisotopic (exact) mass is 342 g/mol. The van der Waals surface area contributed by atoms with Gasteiger partial charge < -0.3 is 4.74 Å². The van der Waals surface area contributed by atoms with E-state index in [1.165, 1.54) is 36.4 Å². The Morgan fingerprint density at radius 3 is 2.30 bits per heavy atom. The molecule has 2 aromatic rings. The maximum absolute atomic E-state index is 12.4. The molecule has 1 N–H and O–H groups in total. The molecule has 0 aliphatic rings. The number of benzene rings is 2. The first-order chi connectivity index (χ1) is 10.7. The summed E-state index contributed by atoms with van der Waals surface area (Å²) in [5.41, 5.74) is -0.0119. The standard InChI is InChI=1S/C14H9F3N2O3S/c15-14(16,17)22-12-7-3-4-8-13(12)23(20,21)19-11-6-2-1-5-10(11)9-18/h1-8,19H. The number of nitrogens with zero attached hydrogens (tertiary/aromatic N) is 1. The molecule has 0 atom stereocenters. The van der Waals surface area contributed by atoms with E-state index in [4.69, 9.17) is 5.26 Å². The van der Waals surface area contributed by atoms with Crippen LogP contribution in [-0.2, 0) is 10.0 Å². The van der Waals surface area contributed by atoms with Gasteiger partial charge in [0.25, 0.3) is 10.0 Å². The smallest absolute Gasteiger partial charge is 0.404 e. The van der Waals surface area contributed by atoms with E-state index in [-0.39, 0.29) is 11.3 Å². The van der Waals surface area contributed by atoms with E-state index < -0.39 is 27.0 Å². The summed E-state index contributed by atoms with van der Waals surface area (Å²) in [7, 11) is -4.38. The molecule has 0 radical (unpaired) electrons. The summed E-state index contributed by atoms with van der Waals surface area (Å²) in [6, 6.07) is 11.8. The highest BCUT2D eigenvalue weighted by atomic mass is 32.2. The number of alkyl halides is 3. The van der Waals surface area contributed by atoms with Gasteiger partial charge in [-0.25, -0.2) is 8.42 Å². The lowest BCUT2D eigenvalue weighted by Crippen LogP contribution is -2.21. The molecular weight excluding hydrogens is 333 g/mol. The van der Waals surface area contributed by atoms with Gasteiger partial charge in [0.05, 0.1) is 11.3 Å². The van der Waals surface area contributed by atoms with Crippen molar-refractivity contribution in [3.8, 4) is 11.8 Å². The molecule has 23 heavy (non-hydrogen) atoms. The van der Waals surface area contributed by atoms with Crippen LogP contribution in [0.4, 0.5) is 18.9 Å². The summed E-state index contributed by atoms with van der Waals surface area (Å²) in [6.45, 7) is 0. The van der Waals surface area contributed by atoms with E-state index in [0.717, 1.165) is 12.1 Å². The minimum Gasteiger partial charge on any atom is -0.404 e. The number of ether oxygens (including phenoxy) is 1. The lowest BCUT2D eigenvalue weighted by molar-refractivity contribution is -0.275. The van der Waals surface area contributed by atoms with Crippen LogP contribution in [0.15, 0.2) is 53.4 Å². The largest absolute Gasteiger partial charge is 0.573 e. The Morgan fingerprint density at radius 2 is 1.65 bits per heavy atom. The zero-order valence-electron chi connectivity index (χ0n) is 11.3. The molecule has 0 unspecified atom stereocenters. The second-order valence-electron chi connectivity index (χ2n) is 4.26. The number of hydrogen-bond donors (Lipinski definition) is 1. The van der Waals surface area contributed by atoms with Crippen LogP contribution in [0, 0.1) is 11.3 Å². The Bertz CT molecular complexity index is 858. The van der Waals surface area contributed by atoms with Gasteiger partial charge in [-0.2, -0.15) is 5.26 Å². The molecule has 0 heterocycles. The number of nitriles is 1. The number of sulfonamides is 1. The molecule has 2 aromatic carbocycles. The van der Waals surface area contributed by atoms with E-state index in [9.17, 15) is 21.6 Å². The average molecular weight is 342 g/mol. The predicted molar refractivity (Wildman–Crippen MR) is 75.1 cm³/mol. The van der Waals surface area contributed by atoms with Crippen molar-refractivity contribution in [3.63, 3.8) is 0 Å². The minimum atomic E-state index is -5.03. The van der Waals surface area contributed by atoms with Gasteiger partial charge in [0, 0.05) is 0 Å². The van der Waals surface area contributed by atoms with Crippen LogP contribution < -0.4 is 9.46 Å². The lowest BCUT2D eigenvalue weighted by Gasteiger charge is -2.14. The molecule has 0 fully saturated rings. The first kappa shape index (κ1) is 16.6. The van der Waals surface area contributed by atoms with Crippen LogP contribution in [0.5, 0.6) is 5.75 Å². The molecule has 2 rings (SSSR count). The number of nitrogens with one attached hydrogen (secondary N) is 1. The van der Waals surface area contributed by atoms with E-state index in [2.05, 4.69) is 9.46 Å². The third-order valence-electron chi connectivity index (χ3n) is 2.66. The number of hydrogen-bond acceptors (Lipinski definition) is 4. The summed E-state index contributed by atoms with van der Waals surface area (Å²) in [5, 5.41) is 8.93. The first-order valence-electron chi connectivity index (χ1n) is 6.10. The average Bonchev–Trinajstić information content (AvgIpc) is 2.46. The minimum absolute atomic E-state index is 0.0327. The fourth-order valence-corrected chi connectivity index (χ4v) is 2.96. The molecule has 5 nitrogen and oxygen atoms in total. The molecule has 0 spiro atoms.